The van der Waals surface area contributed by atoms with Crippen LogP contribution in [-0.2, 0) is 0 Å². The van der Waals surface area contributed by atoms with Gasteiger partial charge in [-0.3, -0.25) is 9.59 Å². The molecule has 2 rings (SSSR count). The third kappa shape index (κ3) is 3.26. The Balaban J connectivity index is 2.21. The minimum Gasteiger partial charge on any atom is -0.366 e. The third-order valence-corrected chi connectivity index (χ3v) is 3.79. The third-order valence-electron chi connectivity index (χ3n) is 2.31. The molecule has 4 nitrogen and oxygen atoms in total. The molecule has 0 saturated carbocycles. The van der Waals surface area contributed by atoms with Gasteiger partial charge in [-0.1, -0.05) is 29.3 Å². The summed E-state index contributed by atoms with van der Waals surface area (Å²) in [5, 5.41) is 2.62. The molecule has 19 heavy (non-hydrogen) atoms. The molecular formula is C12H8Cl2N2O2S. The predicted molar refractivity (Wildman–Crippen MR) is 77.3 cm³/mol. The van der Waals surface area contributed by atoms with E-state index < -0.39 is 11.8 Å². The second-order valence-electron chi connectivity index (χ2n) is 3.64. The normalized spacial score (nSPS) is 10.2. The van der Waals surface area contributed by atoms with Crippen LogP contribution in [0.1, 0.15) is 20.7 Å². The molecule has 0 unspecified atom stereocenters. The van der Waals surface area contributed by atoms with Crippen molar-refractivity contribution in [3.05, 3.63) is 50.1 Å². The van der Waals surface area contributed by atoms with Gasteiger partial charge in [-0.2, -0.15) is 0 Å². The van der Waals surface area contributed by atoms with Gasteiger partial charge in [0.1, 0.15) is 4.34 Å². The number of hydrogen-bond acceptors (Lipinski definition) is 3. The van der Waals surface area contributed by atoms with E-state index in [1.165, 1.54) is 12.1 Å². The van der Waals surface area contributed by atoms with E-state index in [0.29, 0.717) is 25.5 Å². The molecule has 1 heterocycles. The summed E-state index contributed by atoms with van der Waals surface area (Å²) in [5.74, 6) is -0.956. The Kier molecular flexibility index (Phi) is 4.09. The molecule has 2 aromatic rings. The summed E-state index contributed by atoms with van der Waals surface area (Å²) in [6.07, 6.45) is 0. The van der Waals surface area contributed by atoms with Crippen molar-refractivity contribution in [2.24, 2.45) is 5.73 Å². The Labute approximate surface area is 123 Å². The fourth-order valence-electron chi connectivity index (χ4n) is 1.44. The minimum atomic E-state index is -0.562. The number of amides is 2. The molecule has 0 aliphatic carbocycles. The number of benzene rings is 1. The average Bonchev–Trinajstić information content (AvgIpc) is 2.69. The van der Waals surface area contributed by atoms with Crippen LogP contribution in [-0.4, -0.2) is 11.8 Å². The van der Waals surface area contributed by atoms with Gasteiger partial charge in [0, 0.05) is 11.3 Å². The van der Waals surface area contributed by atoms with Gasteiger partial charge in [0.15, 0.2) is 0 Å². The molecule has 0 aliphatic rings. The van der Waals surface area contributed by atoms with Gasteiger partial charge in [0.2, 0.25) is 5.91 Å². The maximum atomic E-state index is 12.0. The van der Waals surface area contributed by atoms with E-state index in [9.17, 15) is 9.59 Å². The number of primary amides is 1. The first-order valence-electron chi connectivity index (χ1n) is 5.13. The maximum Gasteiger partial charge on any atom is 0.258 e. The van der Waals surface area contributed by atoms with Gasteiger partial charge in [-0.05, 0) is 24.3 Å². The molecule has 0 spiro atoms. The van der Waals surface area contributed by atoms with Gasteiger partial charge in [0.05, 0.1) is 9.90 Å². The SMILES string of the molecule is NC(=O)c1cccc(NC(=O)c2cc(Cl)sc2Cl)c1. The van der Waals surface area contributed by atoms with Crippen molar-refractivity contribution < 1.29 is 9.59 Å². The smallest absolute Gasteiger partial charge is 0.258 e. The average molecular weight is 315 g/mol. The molecule has 0 fully saturated rings. The fourth-order valence-corrected chi connectivity index (χ4v) is 2.90. The van der Waals surface area contributed by atoms with Gasteiger partial charge in [-0.25, -0.2) is 0 Å². The lowest BCUT2D eigenvalue weighted by atomic mass is 10.2. The summed E-state index contributed by atoms with van der Waals surface area (Å²) >= 11 is 12.8. The number of halogens is 2. The number of carbonyl (C=O) groups excluding carboxylic acids is 2. The summed E-state index contributed by atoms with van der Waals surface area (Å²) in [4.78, 5) is 23.0. The quantitative estimate of drug-likeness (QED) is 0.911. The fraction of sp³-hybridized carbons (Fsp3) is 0. The molecule has 0 atom stereocenters. The van der Waals surface area contributed by atoms with E-state index in [-0.39, 0.29) is 0 Å². The van der Waals surface area contributed by atoms with Gasteiger partial charge >= 0.3 is 0 Å². The molecule has 0 bridgehead atoms. The van der Waals surface area contributed by atoms with Crippen LogP contribution in [0.2, 0.25) is 8.67 Å². The number of hydrogen-bond donors (Lipinski definition) is 2. The number of anilines is 1. The topological polar surface area (TPSA) is 72.2 Å². The lowest BCUT2D eigenvalue weighted by molar-refractivity contribution is 0.0996. The van der Waals surface area contributed by atoms with E-state index in [2.05, 4.69) is 5.32 Å². The van der Waals surface area contributed by atoms with E-state index in [4.69, 9.17) is 28.9 Å². The zero-order valence-electron chi connectivity index (χ0n) is 9.44. The van der Waals surface area contributed by atoms with Gasteiger partial charge in [0.25, 0.3) is 5.91 Å². The predicted octanol–water partition coefficient (Wildman–Crippen LogP) is 3.41. The molecule has 98 valence electrons. The van der Waals surface area contributed by atoms with Crippen LogP contribution in [0.25, 0.3) is 0 Å². The van der Waals surface area contributed by atoms with Crippen LogP contribution < -0.4 is 11.1 Å². The van der Waals surface area contributed by atoms with Crippen molar-refractivity contribution in [1.29, 1.82) is 0 Å². The summed E-state index contributed by atoms with van der Waals surface area (Å²) in [6.45, 7) is 0. The van der Waals surface area contributed by atoms with Crippen LogP contribution in [0.15, 0.2) is 30.3 Å². The Morgan fingerprint density at radius 1 is 1.21 bits per heavy atom. The molecule has 1 aromatic carbocycles. The first-order chi connectivity index (χ1) is 8.97. The molecule has 7 heteroatoms. The number of thiophene rings is 1. The van der Waals surface area contributed by atoms with Crippen LogP contribution in [0.3, 0.4) is 0 Å². The lowest BCUT2D eigenvalue weighted by Crippen LogP contribution is -2.14. The van der Waals surface area contributed by atoms with Gasteiger partial charge < -0.3 is 11.1 Å². The minimum absolute atomic E-state index is 0.293. The summed E-state index contributed by atoms with van der Waals surface area (Å²) in [5.41, 5.74) is 6.23. The molecule has 3 N–H and O–H groups in total. The van der Waals surface area contributed by atoms with Crippen molar-refractivity contribution in [2.75, 3.05) is 5.32 Å². The van der Waals surface area contributed by atoms with Crippen molar-refractivity contribution in [3.8, 4) is 0 Å². The molecule has 0 radical (unpaired) electrons. The first-order valence-corrected chi connectivity index (χ1v) is 6.70. The number of nitrogens with two attached hydrogens (primary N) is 1. The summed E-state index contributed by atoms with van der Waals surface area (Å²) < 4.78 is 0.745. The highest BCUT2D eigenvalue weighted by atomic mass is 35.5. The molecule has 1 aromatic heterocycles. The number of rotatable bonds is 3. The zero-order chi connectivity index (χ0) is 14.0. The van der Waals surface area contributed by atoms with E-state index in [1.54, 1.807) is 18.2 Å². The summed E-state index contributed by atoms with van der Waals surface area (Å²) in [6, 6.07) is 7.81. The Morgan fingerprint density at radius 3 is 2.53 bits per heavy atom. The molecule has 0 saturated heterocycles. The lowest BCUT2D eigenvalue weighted by Gasteiger charge is -2.05. The largest absolute Gasteiger partial charge is 0.366 e. The molecule has 0 aliphatic heterocycles. The Morgan fingerprint density at radius 2 is 1.95 bits per heavy atom. The van der Waals surface area contributed by atoms with Crippen molar-refractivity contribution >= 4 is 52.0 Å². The number of nitrogens with one attached hydrogen (secondary N) is 1. The Bertz CT molecular complexity index is 655. The highest BCUT2D eigenvalue weighted by Gasteiger charge is 2.14. The summed E-state index contributed by atoms with van der Waals surface area (Å²) in [7, 11) is 0. The zero-order valence-corrected chi connectivity index (χ0v) is 11.8. The van der Waals surface area contributed by atoms with Gasteiger partial charge in [-0.15, -0.1) is 11.3 Å². The highest BCUT2D eigenvalue weighted by molar-refractivity contribution is 7.20. The van der Waals surface area contributed by atoms with E-state index in [0.717, 1.165) is 11.3 Å². The van der Waals surface area contributed by atoms with Crippen molar-refractivity contribution in [2.45, 2.75) is 0 Å². The van der Waals surface area contributed by atoms with E-state index in [1.807, 2.05) is 0 Å². The second-order valence-corrected chi connectivity index (χ2v) is 5.92. The van der Waals surface area contributed by atoms with Crippen LogP contribution in [0.5, 0.6) is 0 Å². The van der Waals surface area contributed by atoms with Crippen molar-refractivity contribution in [3.63, 3.8) is 0 Å². The second kappa shape index (κ2) is 5.61. The van der Waals surface area contributed by atoms with Crippen LogP contribution in [0, 0.1) is 0 Å². The standard InChI is InChI=1S/C12H8Cl2N2O2S/c13-9-5-8(10(14)19-9)12(18)16-7-3-1-2-6(4-7)11(15)17/h1-5H,(H2,15,17)(H,16,18). The number of carbonyl (C=O) groups is 2. The molecule has 2 amide bonds. The Hall–Kier alpha value is -1.56. The van der Waals surface area contributed by atoms with Crippen LogP contribution >= 0.6 is 34.5 Å². The van der Waals surface area contributed by atoms with Crippen LogP contribution in [0.4, 0.5) is 5.69 Å². The maximum absolute atomic E-state index is 12.0. The van der Waals surface area contributed by atoms with Crippen molar-refractivity contribution in [1.82, 2.24) is 0 Å². The first kappa shape index (κ1) is 13.9. The monoisotopic (exact) mass is 314 g/mol. The molecular weight excluding hydrogens is 307 g/mol. The highest BCUT2D eigenvalue weighted by Crippen LogP contribution is 2.31. The van der Waals surface area contributed by atoms with E-state index >= 15 is 0 Å².